The zero-order valence-electron chi connectivity index (χ0n) is 16.3. The fraction of sp³-hybridized carbons (Fsp3) is 0.333. The number of anilines is 1. The van der Waals surface area contributed by atoms with Crippen molar-refractivity contribution in [2.24, 2.45) is 5.10 Å². The van der Waals surface area contributed by atoms with Crippen LogP contribution in [0.25, 0.3) is 0 Å². The smallest absolute Gasteiger partial charge is 0.267 e. The third-order valence-corrected chi connectivity index (χ3v) is 6.20. The Bertz CT molecular complexity index is 979. The summed E-state index contributed by atoms with van der Waals surface area (Å²) in [6.45, 7) is 0.176. The Hall–Kier alpha value is -2.38. The summed E-state index contributed by atoms with van der Waals surface area (Å²) < 4.78 is 25.9. The molecule has 0 heterocycles. The molecule has 8 heteroatoms. The average molecular weight is 434 g/mol. The highest BCUT2D eigenvalue weighted by Gasteiger charge is 2.18. The van der Waals surface area contributed by atoms with Crippen LogP contribution >= 0.6 is 11.6 Å². The fourth-order valence-electron chi connectivity index (χ4n) is 3.20. The zero-order valence-corrected chi connectivity index (χ0v) is 17.8. The summed E-state index contributed by atoms with van der Waals surface area (Å²) >= 11 is 5.90. The van der Waals surface area contributed by atoms with Crippen LogP contribution in [-0.4, -0.2) is 26.3 Å². The van der Waals surface area contributed by atoms with Crippen molar-refractivity contribution in [1.29, 1.82) is 0 Å². The van der Waals surface area contributed by atoms with Crippen molar-refractivity contribution in [1.82, 2.24) is 5.43 Å². The summed E-state index contributed by atoms with van der Waals surface area (Å²) in [5.41, 5.74) is 5.34. The van der Waals surface area contributed by atoms with Gasteiger partial charge in [-0.25, -0.2) is 13.8 Å². The van der Waals surface area contributed by atoms with Crippen LogP contribution < -0.4 is 9.73 Å². The van der Waals surface area contributed by atoms with E-state index in [1.54, 1.807) is 48.5 Å². The Kier molecular flexibility index (Phi) is 6.92. The van der Waals surface area contributed by atoms with Crippen LogP contribution in [0.15, 0.2) is 53.6 Å². The number of amides is 1. The second kappa shape index (κ2) is 9.41. The standard InChI is InChI=1S/C21H24ClN3O3S/c1-29(27,28)25(15-16-7-11-18(22)12-8-16)20-13-9-17(10-14-20)21(26)24-23-19-5-3-2-4-6-19/h7-14H,2-6,15H2,1H3,(H,24,26). The Balaban J connectivity index is 1.73. The summed E-state index contributed by atoms with van der Waals surface area (Å²) in [6.07, 6.45) is 6.43. The van der Waals surface area contributed by atoms with Gasteiger partial charge in [0.15, 0.2) is 0 Å². The molecule has 1 aliphatic rings. The van der Waals surface area contributed by atoms with Gasteiger partial charge in [-0.15, -0.1) is 0 Å². The van der Waals surface area contributed by atoms with Crippen LogP contribution in [0.2, 0.25) is 5.02 Å². The minimum absolute atomic E-state index is 0.176. The maximum atomic E-state index is 12.3. The number of hydrogen-bond donors (Lipinski definition) is 1. The summed E-state index contributed by atoms with van der Waals surface area (Å²) in [5.74, 6) is -0.307. The molecule has 0 radical (unpaired) electrons. The number of sulfonamides is 1. The van der Waals surface area contributed by atoms with E-state index in [9.17, 15) is 13.2 Å². The second-order valence-electron chi connectivity index (χ2n) is 7.12. The molecule has 1 fully saturated rings. The highest BCUT2D eigenvalue weighted by molar-refractivity contribution is 7.92. The van der Waals surface area contributed by atoms with Crippen molar-refractivity contribution < 1.29 is 13.2 Å². The van der Waals surface area contributed by atoms with E-state index >= 15 is 0 Å². The van der Waals surface area contributed by atoms with Crippen LogP contribution in [0.5, 0.6) is 0 Å². The number of halogens is 1. The van der Waals surface area contributed by atoms with Gasteiger partial charge >= 0.3 is 0 Å². The first-order valence-electron chi connectivity index (χ1n) is 9.51. The molecule has 0 bridgehead atoms. The van der Waals surface area contributed by atoms with Gasteiger partial charge in [-0.1, -0.05) is 30.2 Å². The van der Waals surface area contributed by atoms with Gasteiger partial charge in [0.05, 0.1) is 18.5 Å². The minimum atomic E-state index is -3.51. The molecular formula is C21H24ClN3O3S. The van der Waals surface area contributed by atoms with Gasteiger partial charge in [-0.05, 0) is 67.6 Å². The zero-order chi connectivity index (χ0) is 20.9. The lowest BCUT2D eigenvalue weighted by Crippen LogP contribution is -2.29. The Morgan fingerprint density at radius 2 is 1.66 bits per heavy atom. The highest BCUT2D eigenvalue weighted by atomic mass is 35.5. The first-order valence-corrected chi connectivity index (χ1v) is 11.7. The van der Waals surface area contributed by atoms with Crippen LogP contribution in [0.1, 0.15) is 48.0 Å². The van der Waals surface area contributed by atoms with E-state index in [0.717, 1.165) is 43.2 Å². The predicted molar refractivity (Wildman–Crippen MR) is 117 cm³/mol. The van der Waals surface area contributed by atoms with Gasteiger partial charge in [0.25, 0.3) is 5.91 Å². The normalized spacial score (nSPS) is 14.3. The largest absolute Gasteiger partial charge is 0.271 e. The van der Waals surface area contributed by atoms with Crippen molar-refractivity contribution in [2.45, 2.75) is 38.6 Å². The summed E-state index contributed by atoms with van der Waals surface area (Å²) in [7, 11) is -3.51. The molecule has 0 aliphatic heterocycles. The van der Waals surface area contributed by atoms with Gasteiger partial charge in [0.1, 0.15) is 0 Å². The van der Waals surface area contributed by atoms with Crippen molar-refractivity contribution >= 4 is 38.9 Å². The number of hydrogen-bond acceptors (Lipinski definition) is 4. The molecule has 1 aliphatic carbocycles. The van der Waals surface area contributed by atoms with Crippen molar-refractivity contribution in [2.75, 3.05) is 10.6 Å². The molecule has 2 aromatic rings. The Morgan fingerprint density at radius 1 is 1.03 bits per heavy atom. The SMILES string of the molecule is CS(=O)(=O)N(Cc1ccc(Cl)cc1)c1ccc(C(=O)NN=C2CCCCC2)cc1. The van der Waals surface area contributed by atoms with Gasteiger partial charge in [-0.3, -0.25) is 9.10 Å². The van der Waals surface area contributed by atoms with E-state index in [1.165, 1.54) is 10.7 Å². The lowest BCUT2D eigenvalue weighted by atomic mass is 9.99. The summed E-state index contributed by atoms with van der Waals surface area (Å²) in [4.78, 5) is 12.3. The number of hydrazone groups is 1. The maximum absolute atomic E-state index is 12.3. The minimum Gasteiger partial charge on any atom is -0.267 e. The molecule has 0 unspecified atom stereocenters. The van der Waals surface area contributed by atoms with Gasteiger partial charge in [-0.2, -0.15) is 5.10 Å². The van der Waals surface area contributed by atoms with E-state index in [1.807, 2.05) is 0 Å². The second-order valence-corrected chi connectivity index (χ2v) is 9.47. The van der Waals surface area contributed by atoms with Gasteiger partial charge in [0.2, 0.25) is 10.0 Å². The van der Waals surface area contributed by atoms with Crippen molar-refractivity contribution in [3.63, 3.8) is 0 Å². The maximum Gasteiger partial charge on any atom is 0.271 e. The average Bonchev–Trinajstić information content (AvgIpc) is 2.71. The van der Waals surface area contributed by atoms with E-state index in [-0.39, 0.29) is 12.5 Å². The van der Waals surface area contributed by atoms with Crippen LogP contribution in [0.4, 0.5) is 5.69 Å². The van der Waals surface area contributed by atoms with Crippen LogP contribution in [0, 0.1) is 0 Å². The monoisotopic (exact) mass is 433 g/mol. The number of carbonyl (C=O) groups excluding carboxylic acids is 1. The Morgan fingerprint density at radius 3 is 2.24 bits per heavy atom. The van der Waals surface area contributed by atoms with Crippen molar-refractivity contribution in [3.8, 4) is 0 Å². The molecule has 1 amide bonds. The summed E-state index contributed by atoms with van der Waals surface area (Å²) in [6, 6.07) is 13.5. The molecule has 154 valence electrons. The third-order valence-electron chi connectivity index (χ3n) is 4.80. The van der Waals surface area contributed by atoms with E-state index < -0.39 is 10.0 Å². The highest BCUT2D eigenvalue weighted by Crippen LogP contribution is 2.22. The lowest BCUT2D eigenvalue weighted by Gasteiger charge is -2.22. The lowest BCUT2D eigenvalue weighted by molar-refractivity contribution is 0.0954. The van der Waals surface area contributed by atoms with Crippen molar-refractivity contribution in [3.05, 3.63) is 64.7 Å². The predicted octanol–water partition coefficient (Wildman–Crippen LogP) is 4.36. The number of benzene rings is 2. The molecule has 6 nitrogen and oxygen atoms in total. The summed E-state index contributed by atoms with van der Waals surface area (Å²) in [5, 5.41) is 4.81. The molecule has 0 spiro atoms. The van der Waals surface area contributed by atoms with E-state index in [0.29, 0.717) is 16.3 Å². The van der Waals surface area contributed by atoms with E-state index in [2.05, 4.69) is 10.5 Å². The topological polar surface area (TPSA) is 78.8 Å². The number of nitrogens with zero attached hydrogens (tertiary/aromatic N) is 2. The molecule has 0 saturated heterocycles. The molecule has 3 rings (SSSR count). The molecule has 1 N–H and O–H groups in total. The third kappa shape index (κ3) is 6.05. The molecule has 29 heavy (non-hydrogen) atoms. The van der Waals surface area contributed by atoms with Gasteiger partial charge < -0.3 is 0 Å². The van der Waals surface area contributed by atoms with Gasteiger partial charge in [0, 0.05) is 16.3 Å². The number of carbonyl (C=O) groups is 1. The first kappa shape index (κ1) is 21.3. The number of rotatable bonds is 6. The molecule has 2 aromatic carbocycles. The molecular weight excluding hydrogens is 410 g/mol. The number of nitrogens with one attached hydrogen (secondary N) is 1. The molecule has 1 saturated carbocycles. The van der Waals surface area contributed by atoms with Crippen LogP contribution in [0.3, 0.4) is 0 Å². The van der Waals surface area contributed by atoms with Crippen LogP contribution in [-0.2, 0) is 16.6 Å². The fourth-order valence-corrected chi connectivity index (χ4v) is 4.22. The molecule has 0 aromatic heterocycles. The van der Waals surface area contributed by atoms with E-state index in [4.69, 9.17) is 11.6 Å². The first-order chi connectivity index (χ1) is 13.8. The Labute approximate surface area is 176 Å². The quantitative estimate of drug-likeness (QED) is 0.687. The molecule has 0 atom stereocenters.